The van der Waals surface area contributed by atoms with E-state index in [2.05, 4.69) is 29.4 Å². The number of benzene rings is 1. The third-order valence-electron chi connectivity index (χ3n) is 4.97. The number of nitrogens with zero attached hydrogens (tertiary/aromatic N) is 2. The molecule has 2 aliphatic rings. The number of nitrogens with one attached hydrogen (secondary N) is 1. The molecule has 1 N–H and O–H groups in total. The van der Waals surface area contributed by atoms with Crippen molar-refractivity contribution >= 4 is 6.03 Å². The fraction of sp³-hybridized carbons (Fsp3) is 0.588. The van der Waals surface area contributed by atoms with Crippen LogP contribution in [0.1, 0.15) is 24.8 Å². The smallest absolute Gasteiger partial charge is 0.317 e. The summed E-state index contributed by atoms with van der Waals surface area (Å²) < 4.78 is 0. The van der Waals surface area contributed by atoms with Crippen LogP contribution in [0.4, 0.5) is 4.79 Å². The highest BCUT2D eigenvalue weighted by molar-refractivity contribution is 5.74. The molecule has 0 unspecified atom stereocenters. The molecule has 1 aromatic rings. The second-order valence-corrected chi connectivity index (χ2v) is 6.25. The molecule has 2 aliphatic heterocycles. The molecular formula is C17H25N3O. The van der Waals surface area contributed by atoms with Crippen molar-refractivity contribution in [1.29, 1.82) is 0 Å². The Morgan fingerprint density at radius 2 is 1.95 bits per heavy atom. The van der Waals surface area contributed by atoms with Crippen LogP contribution in [0.15, 0.2) is 30.3 Å². The Bertz CT molecular complexity index is 476. The summed E-state index contributed by atoms with van der Waals surface area (Å²) >= 11 is 0. The molecule has 2 atom stereocenters. The highest BCUT2D eigenvalue weighted by Crippen LogP contribution is 2.28. The summed E-state index contributed by atoms with van der Waals surface area (Å²) in [6, 6.07) is 11.6. The van der Waals surface area contributed by atoms with Gasteiger partial charge in [0.2, 0.25) is 0 Å². The molecule has 0 aromatic heterocycles. The van der Waals surface area contributed by atoms with E-state index in [-0.39, 0.29) is 6.03 Å². The topological polar surface area (TPSA) is 35.6 Å². The maximum absolute atomic E-state index is 12.3. The van der Waals surface area contributed by atoms with Crippen molar-refractivity contribution in [2.24, 2.45) is 0 Å². The van der Waals surface area contributed by atoms with Gasteiger partial charge in [-0.15, -0.1) is 0 Å². The first-order valence-electron chi connectivity index (χ1n) is 8.02. The van der Waals surface area contributed by atoms with Crippen LogP contribution in [0.3, 0.4) is 0 Å². The molecule has 0 spiro atoms. The lowest BCUT2D eigenvalue weighted by atomic mass is 10.1. The Kier molecular flexibility index (Phi) is 4.44. The lowest BCUT2D eigenvalue weighted by molar-refractivity contribution is 0.188. The van der Waals surface area contributed by atoms with E-state index in [1.165, 1.54) is 18.4 Å². The Hall–Kier alpha value is -1.55. The molecule has 2 heterocycles. The Balaban J connectivity index is 1.47. The van der Waals surface area contributed by atoms with Crippen LogP contribution >= 0.6 is 0 Å². The van der Waals surface area contributed by atoms with E-state index in [9.17, 15) is 4.79 Å². The van der Waals surface area contributed by atoms with Crippen molar-refractivity contribution in [2.45, 2.75) is 37.8 Å². The fourth-order valence-electron chi connectivity index (χ4n) is 3.56. The lowest BCUT2D eigenvalue weighted by Crippen LogP contribution is -2.45. The van der Waals surface area contributed by atoms with Crippen LogP contribution in [0, 0.1) is 0 Å². The normalized spacial score (nSPS) is 25.7. The lowest BCUT2D eigenvalue weighted by Gasteiger charge is -2.26. The van der Waals surface area contributed by atoms with Crippen molar-refractivity contribution in [3.63, 3.8) is 0 Å². The van der Waals surface area contributed by atoms with Crippen LogP contribution in [0.5, 0.6) is 0 Å². The summed E-state index contributed by atoms with van der Waals surface area (Å²) in [7, 11) is 2.21. The van der Waals surface area contributed by atoms with Crippen molar-refractivity contribution < 1.29 is 4.79 Å². The number of hydrogen-bond donors (Lipinski definition) is 1. The van der Waals surface area contributed by atoms with E-state index in [1.807, 2.05) is 23.1 Å². The number of likely N-dealkylation sites (N-methyl/N-ethyl adjacent to an activating group) is 1. The van der Waals surface area contributed by atoms with Gasteiger partial charge in [-0.05, 0) is 38.3 Å². The minimum atomic E-state index is 0.104. The first kappa shape index (κ1) is 14.4. The third-order valence-corrected chi connectivity index (χ3v) is 4.97. The third kappa shape index (κ3) is 3.38. The summed E-state index contributed by atoms with van der Waals surface area (Å²) in [4.78, 5) is 16.8. The zero-order chi connectivity index (χ0) is 14.7. The van der Waals surface area contributed by atoms with Gasteiger partial charge in [-0.25, -0.2) is 4.79 Å². The fourth-order valence-corrected chi connectivity index (χ4v) is 3.56. The SMILES string of the molecule is CN1[C@H]2CC[C@@H]1CN(C(=O)NCCc1ccccc1)CC2. The number of amides is 2. The van der Waals surface area contributed by atoms with Crippen molar-refractivity contribution in [2.75, 3.05) is 26.7 Å². The van der Waals surface area contributed by atoms with E-state index < -0.39 is 0 Å². The molecule has 3 rings (SSSR count). The summed E-state index contributed by atoms with van der Waals surface area (Å²) in [6.07, 6.45) is 4.53. The van der Waals surface area contributed by atoms with Gasteiger partial charge < -0.3 is 10.2 Å². The maximum atomic E-state index is 12.3. The van der Waals surface area contributed by atoms with Gasteiger partial charge in [0.05, 0.1) is 0 Å². The van der Waals surface area contributed by atoms with Gasteiger partial charge in [-0.1, -0.05) is 30.3 Å². The van der Waals surface area contributed by atoms with Crippen LogP contribution in [0.25, 0.3) is 0 Å². The van der Waals surface area contributed by atoms with Gasteiger partial charge in [-0.3, -0.25) is 4.90 Å². The van der Waals surface area contributed by atoms with Gasteiger partial charge in [0, 0.05) is 31.7 Å². The predicted molar refractivity (Wildman–Crippen MR) is 84.3 cm³/mol. The second-order valence-electron chi connectivity index (χ2n) is 6.25. The highest BCUT2D eigenvalue weighted by Gasteiger charge is 2.35. The van der Waals surface area contributed by atoms with Gasteiger partial charge >= 0.3 is 6.03 Å². The van der Waals surface area contributed by atoms with Crippen molar-refractivity contribution in [3.05, 3.63) is 35.9 Å². The minimum Gasteiger partial charge on any atom is -0.338 e. The van der Waals surface area contributed by atoms with Gasteiger partial charge in [-0.2, -0.15) is 0 Å². The van der Waals surface area contributed by atoms with Crippen molar-refractivity contribution in [3.8, 4) is 0 Å². The molecule has 2 bridgehead atoms. The molecule has 2 saturated heterocycles. The summed E-state index contributed by atoms with van der Waals surface area (Å²) in [5.41, 5.74) is 1.27. The average Bonchev–Trinajstić information content (AvgIpc) is 2.73. The molecule has 0 radical (unpaired) electrons. The molecule has 1 aromatic carbocycles. The van der Waals surface area contributed by atoms with E-state index in [0.29, 0.717) is 18.6 Å². The first-order chi connectivity index (χ1) is 10.2. The highest BCUT2D eigenvalue weighted by atomic mass is 16.2. The first-order valence-corrected chi connectivity index (χ1v) is 8.02. The molecule has 4 nitrogen and oxygen atoms in total. The Labute approximate surface area is 127 Å². The largest absolute Gasteiger partial charge is 0.338 e. The molecule has 2 amide bonds. The zero-order valence-electron chi connectivity index (χ0n) is 12.8. The van der Waals surface area contributed by atoms with E-state index in [4.69, 9.17) is 0 Å². The molecule has 0 aliphatic carbocycles. The maximum Gasteiger partial charge on any atom is 0.317 e. The Morgan fingerprint density at radius 3 is 2.76 bits per heavy atom. The predicted octanol–water partition coefficient (Wildman–Crippen LogP) is 2.11. The van der Waals surface area contributed by atoms with Crippen LogP contribution in [-0.2, 0) is 6.42 Å². The van der Waals surface area contributed by atoms with Gasteiger partial charge in [0.25, 0.3) is 0 Å². The number of carbonyl (C=O) groups excluding carboxylic acids is 1. The summed E-state index contributed by atoms with van der Waals surface area (Å²) in [5.74, 6) is 0. The molecule has 4 heteroatoms. The second kappa shape index (κ2) is 6.48. The molecule has 0 saturated carbocycles. The zero-order valence-corrected chi connectivity index (χ0v) is 12.8. The average molecular weight is 287 g/mol. The van der Waals surface area contributed by atoms with Crippen LogP contribution < -0.4 is 5.32 Å². The molecule has 21 heavy (non-hydrogen) atoms. The minimum absolute atomic E-state index is 0.104. The molecular weight excluding hydrogens is 262 g/mol. The number of hydrogen-bond acceptors (Lipinski definition) is 2. The van der Waals surface area contributed by atoms with Crippen LogP contribution in [0.2, 0.25) is 0 Å². The molecule has 2 fully saturated rings. The Morgan fingerprint density at radius 1 is 1.19 bits per heavy atom. The van der Waals surface area contributed by atoms with Gasteiger partial charge in [0.15, 0.2) is 0 Å². The van der Waals surface area contributed by atoms with Crippen LogP contribution in [-0.4, -0.2) is 54.6 Å². The number of rotatable bonds is 3. The van der Waals surface area contributed by atoms with Crippen molar-refractivity contribution in [1.82, 2.24) is 15.1 Å². The monoisotopic (exact) mass is 287 g/mol. The standard InChI is InChI=1S/C17H25N3O/c1-19-15-7-8-16(19)13-20(12-10-15)17(21)18-11-9-14-5-3-2-4-6-14/h2-6,15-16H,7-13H2,1H3,(H,18,21)/t15-,16+/m0/s1. The summed E-state index contributed by atoms with van der Waals surface area (Å²) in [6.45, 7) is 2.48. The molecule has 114 valence electrons. The van der Waals surface area contributed by atoms with Gasteiger partial charge in [0.1, 0.15) is 0 Å². The number of likely N-dealkylation sites (tertiary alicyclic amines) is 1. The number of carbonyl (C=O) groups is 1. The quantitative estimate of drug-likeness (QED) is 0.924. The number of urea groups is 1. The van der Waals surface area contributed by atoms with E-state index >= 15 is 0 Å². The number of fused-ring (bicyclic) bond motifs is 2. The van der Waals surface area contributed by atoms with E-state index in [0.717, 1.165) is 25.9 Å². The summed E-state index contributed by atoms with van der Waals surface area (Å²) in [5, 5.41) is 3.07. The van der Waals surface area contributed by atoms with E-state index in [1.54, 1.807) is 0 Å².